The predicted molar refractivity (Wildman–Crippen MR) is 146 cm³/mol. The van der Waals surface area contributed by atoms with Crippen LogP contribution >= 0.6 is 11.3 Å². The van der Waals surface area contributed by atoms with Crippen molar-refractivity contribution in [2.75, 3.05) is 30.9 Å². The number of ether oxygens (including phenoxy) is 2. The Labute approximate surface area is 215 Å². The normalized spacial score (nSPS) is 11.4. The van der Waals surface area contributed by atoms with E-state index in [0.29, 0.717) is 22.1 Å². The van der Waals surface area contributed by atoms with Gasteiger partial charge in [0.1, 0.15) is 0 Å². The second-order valence-electron chi connectivity index (χ2n) is 8.55. The van der Waals surface area contributed by atoms with Gasteiger partial charge in [0.15, 0.2) is 11.5 Å². The van der Waals surface area contributed by atoms with Gasteiger partial charge in [-0.3, -0.25) is 9.10 Å². The average Bonchev–Trinajstić information content (AvgIpc) is 3.28. The molecule has 0 aliphatic carbocycles. The van der Waals surface area contributed by atoms with Gasteiger partial charge in [-0.05, 0) is 73.7 Å². The zero-order valence-electron chi connectivity index (χ0n) is 21.0. The topological polar surface area (TPSA) is 84.9 Å². The highest BCUT2D eigenvalue weighted by atomic mass is 32.2. The largest absolute Gasteiger partial charge is 0.493 e. The molecule has 4 rings (SSSR count). The smallest absolute Gasteiger partial charge is 0.265 e. The SMILES string of the molecule is COc1ccc(S(=O)(=O)N(C)c2ccc3sc(C(=O)Nc4c(C)cc(C)cc4C)cc3c2)cc1OC. The van der Waals surface area contributed by atoms with Crippen molar-refractivity contribution in [2.24, 2.45) is 0 Å². The molecule has 1 heterocycles. The number of sulfonamides is 1. The molecule has 4 aromatic rings. The highest BCUT2D eigenvalue weighted by molar-refractivity contribution is 7.92. The quantitative estimate of drug-likeness (QED) is 0.324. The van der Waals surface area contributed by atoms with Gasteiger partial charge in [-0.1, -0.05) is 17.7 Å². The van der Waals surface area contributed by atoms with Crippen LogP contribution in [0.25, 0.3) is 10.1 Å². The van der Waals surface area contributed by atoms with E-state index in [0.717, 1.165) is 32.5 Å². The molecule has 9 heteroatoms. The van der Waals surface area contributed by atoms with Crippen LogP contribution < -0.4 is 19.1 Å². The third-order valence-corrected chi connectivity index (χ3v) is 8.91. The molecule has 1 amide bonds. The fourth-order valence-corrected chi connectivity index (χ4v) is 6.31. The number of rotatable bonds is 7. The first-order valence-electron chi connectivity index (χ1n) is 11.2. The first-order chi connectivity index (χ1) is 17.0. The predicted octanol–water partition coefficient (Wildman–Crippen LogP) is 5.92. The molecule has 0 aliphatic heterocycles. The van der Waals surface area contributed by atoms with Crippen molar-refractivity contribution in [2.45, 2.75) is 25.7 Å². The van der Waals surface area contributed by atoms with E-state index in [1.807, 2.05) is 39.0 Å². The summed E-state index contributed by atoms with van der Waals surface area (Å²) in [4.78, 5) is 13.6. The molecule has 7 nitrogen and oxygen atoms in total. The minimum atomic E-state index is -3.86. The molecule has 0 atom stereocenters. The van der Waals surface area contributed by atoms with Crippen LogP contribution in [0.3, 0.4) is 0 Å². The number of carbonyl (C=O) groups is 1. The number of aryl methyl sites for hydroxylation is 3. The van der Waals surface area contributed by atoms with Crippen LogP contribution in [0.15, 0.2) is 59.5 Å². The van der Waals surface area contributed by atoms with Gasteiger partial charge in [-0.2, -0.15) is 0 Å². The van der Waals surface area contributed by atoms with E-state index in [4.69, 9.17) is 9.47 Å². The molecule has 1 N–H and O–H groups in total. The summed E-state index contributed by atoms with van der Waals surface area (Å²) in [5.41, 5.74) is 4.44. The van der Waals surface area contributed by atoms with Crippen molar-refractivity contribution in [1.29, 1.82) is 0 Å². The van der Waals surface area contributed by atoms with Crippen molar-refractivity contribution in [3.63, 3.8) is 0 Å². The maximum absolute atomic E-state index is 13.3. The summed E-state index contributed by atoms with van der Waals surface area (Å²) in [6, 6.07) is 15.7. The lowest BCUT2D eigenvalue weighted by Crippen LogP contribution is -2.26. The average molecular weight is 525 g/mol. The van der Waals surface area contributed by atoms with Gasteiger partial charge < -0.3 is 14.8 Å². The zero-order chi connectivity index (χ0) is 26.2. The summed E-state index contributed by atoms with van der Waals surface area (Å²) in [7, 11) is 0.584. The van der Waals surface area contributed by atoms with Crippen LogP contribution in [-0.4, -0.2) is 35.6 Å². The molecule has 0 aliphatic rings. The molecule has 188 valence electrons. The summed E-state index contributed by atoms with van der Waals surface area (Å²) >= 11 is 1.36. The number of nitrogens with one attached hydrogen (secondary N) is 1. The van der Waals surface area contributed by atoms with Crippen LogP contribution in [0.1, 0.15) is 26.4 Å². The molecule has 1 aromatic heterocycles. The Hall–Kier alpha value is -3.56. The number of amides is 1. The van der Waals surface area contributed by atoms with Crippen molar-refractivity contribution in [3.05, 3.63) is 76.2 Å². The Morgan fingerprint density at radius 2 is 1.56 bits per heavy atom. The Bertz CT molecular complexity index is 1550. The Kier molecular flexibility index (Phi) is 6.97. The molecule has 0 saturated heterocycles. The number of fused-ring (bicyclic) bond motifs is 1. The van der Waals surface area contributed by atoms with Crippen LogP contribution in [-0.2, 0) is 10.0 Å². The van der Waals surface area contributed by atoms with Crippen molar-refractivity contribution in [3.8, 4) is 11.5 Å². The van der Waals surface area contributed by atoms with Gasteiger partial charge in [0.2, 0.25) is 0 Å². The number of anilines is 2. The van der Waals surface area contributed by atoms with Crippen LogP contribution in [0.2, 0.25) is 0 Å². The zero-order valence-corrected chi connectivity index (χ0v) is 22.6. The van der Waals surface area contributed by atoms with Crippen LogP contribution in [0.5, 0.6) is 11.5 Å². The molecule has 3 aromatic carbocycles. The van der Waals surface area contributed by atoms with Gasteiger partial charge in [0.25, 0.3) is 15.9 Å². The summed E-state index contributed by atoms with van der Waals surface area (Å²) < 4.78 is 39.2. The second-order valence-corrected chi connectivity index (χ2v) is 11.6. The van der Waals surface area contributed by atoms with E-state index >= 15 is 0 Å². The maximum atomic E-state index is 13.3. The van der Waals surface area contributed by atoms with E-state index in [1.165, 1.54) is 49.0 Å². The number of hydrogen-bond donors (Lipinski definition) is 1. The highest BCUT2D eigenvalue weighted by Crippen LogP contribution is 2.34. The summed E-state index contributed by atoms with van der Waals surface area (Å²) in [6.07, 6.45) is 0. The van der Waals surface area contributed by atoms with Crippen molar-refractivity contribution < 1.29 is 22.7 Å². The Morgan fingerprint density at radius 1 is 0.889 bits per heavy atom. The third kappa shape index (κ3) is 4.76. The molecule has 0 fully saturated rings. The van der Waals surface area contributed by atoms with Gasteiger partial charge in [-0.15, -0.1) is 11.3 Å². The minimum absolute atomic E-state index is 0.0805. The van der Waals surface area contributed by atoms with E-state index in [-0.39, 0.29) is 10.8 Å². The molecule has 0 radical (unpaired) electrons. The first-order valence-corrected chi connectivity index (χ1v) is 13.4. The van der Waals surface area contributed by atoms with Gasteiger partial charge in [0.05, 0.1) is 29.7 Å². The van der Waals surface area contributed by atoms with E-state index in [9.17, 15) is 13.2 Å². The third-order valence-electron chi connectivity index (χ3n) is 6.02. The fraction of sp³-hybridized carbons (Fsp3) is 0.222. The monoisotopic (exact) mass is 524 g/mol. The molecule has 0 saturated carbocycles. The van der Waals surface area contributed by atoms with Gasteiger partial charge >= 0.3 is 0 Å². The number of benzene rings is 3. The number of nitrogens with zero attached hydrogens (tertiary/aromatic N) is 1. The molecule has 0 unspecified atom stereocenters. The molecular formula is C27H28N2O5S2. The molecule has 36 heavy (non-hydrogen) atoms. The minimum Gasteiger partial charge on any atom is -0.493 e. The summed E-state index contributed by atoms with van der Waals surface area (Å²) in [5.74, 6) is 0.578. The van der Waals surface area contributed by atoms with E-state index in [2.05, 4.69) is 5.32 Å². The second kappa shape index (κ2) is 9.83. The number of hydrogen-bond acceptors (Lipinski definition) is 6. The number of methoxy groups -OCH3 is 2. The molecular weight excluding hydrogens is 496 g/mol. The fourth-order valence-electron chi connectivity index (χ4n) is 4.16. The number of carbonyl (C=O) groups excluding carboxylic acids is 1. The van der Waals surface area contributed by atoms with E-state index in [1.54, 1.807) is 24.3 Å². The lowest BCUT2D eigenvalue weighted by atomic mass is 10.1. The van der Waals surface area contributed by atoms with Crippen LogP contribution in [0.4, 0.5) is 11.4 Å². The summed E-state index contributed by atoms with van der Waals surface area (Å²) in [6.45, 7) is 5.97. The summed E-state index contributed by atoms with van der Waals surface area (Å²) in [5, 5.41) is 3.82. The van der Waals surface area contributed by atoms with E-state index < -0.39 is 10.0 Å². The molecule has 0 spiro atoms. The van der Waals surface area contributed by atoms with Crippen molar-refractivity contribution in [1.82, 2.24) is 0 Å². The van der Waals surface area contributed by atoms with Gasteiger partial charge in [0, 0.05) is 23.5 Å². The lowest BCUT2D eigenvalue weighted by molar-refractivity contribution is 0.103. The number of thiophene rings is 1. The Morgan fingerprint density at radius 3 is 2.19 bits per heavy atom. The van der Waals surface area contributed by atoms with Crippen molar-refractivity contribution >= 4 is 48.7 Å². The molecule has 0 bridgehead atoms. The Balaban J connectivity index is 1.62. The standard InChI is InChI=1S/C27H28N2O5S2/c1-16-11-17(2)26(18(3)12-16)28-27(30)25-14-19-13-20(7-10-24(19)35-25)29(4)36(31,32)21-8-9-22(33-5)23(15-21)34-6/h7-15H,1-6H3,(H,28,30). The van der Waals surface area contributed by atoms with Crippen LogP contribution in [0, 0.1) is 20.8 Å². The first kappa shape index (κ1) is 25.5. The lowest BCUT2D eigenvalue weighted by Gasteiger charge is -2.20. The van der Waals surface area contributed by atoms with Gasteiger partial charge in [-0.25, -0.2) is 8.42 Å². The maximum Gasteiger partial charge on any atom is 0.265 e. The highest BCUT2D eigenvalue weighted by Gasteiger charge is 2.24.